The molecule has 0 aliphatic heterocycles. The first-order chi connectivity index (χ1) is 7.15. The lowest BCUT2D eigenvalue weighted by Crippen LogP contribution is -2.36. The van der Waals surface area contributed by atoms with E-state index in [9.17, 15) is 22.0 Å². The minimum absolute atomic E-state index is 0.420. The van der Waals surface area contributed by atoms with Gasteiger partial charge in [-0.15, -0.1) is 0 Å². The van der Waals surface area contributed by atoms with Crippen LogP contribution in [0.15, 0.2) is 24.3 Å². The van der Waals surface area contributed by atoms with Crippen molar-refractivity contribution in [2.75, 3.05) is 0 Å². The highest BCUT2D eigenvalue weighted by molar-refractivity contribution is 5.29. The van der Waals surface area contributed by atoms with Crippen molar-refractivity contribution >= 4 is 0 Å². The van der Waals surface area contributed by atoms with Gasteiger partial charge in [-0.3, -0.25) is 0 Å². The third-order valence-corrected chi connectivity index (χ3v) is 2.15. The molecule has 1 aromatic carbocycles. The molecule has 0 aliphatic rings. The largest absolute Gasteiger partial charge is 0.416 e. The summed E-state index contributed by atoms with van der Waals surface area (Å²) in [6, 6.07) is 1.48. The lowest BCUT2D eigenvalue weighted by atomic mass is 10.0. The lowest BCUT2D eigenvalue weighted by molar-refractivity contribution is -0.137. The van der Waals surface area contributed by atoms with Crippen molar-refractivity contribution in [3.63, 3.8) is 0 Å². The quantitative estimate of drug-likeness (QED) is 0.788. The number of benzene rings is 1. The van der Waals surface area contributed by atoms with Crippen molar-refractivity contribution < 1.29 is 22.0 Å². The standard InChI is InChI=1S/C10H10F5N/c1-6(16)9(11,12)7-3-2-4-8(5-7)10(13,14)15/h2-6H,16H2,1H3. The van der Waals surface area contributed by atoms with E-state index in [-0.39, 0.29) is 0 Å². The number of hydrogen-bond donors (Lipinski definition) is 1. The first-order valence-corrected chi connectivity index (χ1v) is 4.47. The normalized spacial score (nSPS) is 14.9. The topological polar surface area (TPSA) is 26.0 Å². The van der Waals surface area contributed by atoms with E-state index >= 15 is 0 Å². The van der Waals surface area contributed by atoms with Crippen molar-refractivity contribution in [2.45, 2.75) is 25.1 Å². The molecule has 0 saturated carbocycles. The second-order valence-corrected chi connectivity index (χ2v) is 3.49. The van der Waals surface area contributed by atoms with Gasteiger partial charge in [-0.1, -0.05) is 12.1 Å². The molecule has 0 aliphatic carbocycles. The van der Waals surface area contributed by atoms with Gasteiger partial charge in [-0.05, 0) is 19.1 Å². The molecule has 0 amide bonds. The molecular formula is C10H10F5N. The Labute approximate surface area is 89.1 Å². The molecule has 1 atom stereocenters. The van der Waals surface area contributed by atoms with E-state index in [0.717, 1.165) is 25.1 Å². The van der Waals surface area contributed by atoms with Crippen LogP contribution in [-0.2, 0) is 12.1 Å². The Morgan fingerprint density at radius 3 is 2.00 bits per heavy atom. The van der Waals surface area contributed by atoms with E-state index in [4.69, 9.17) is 5.73 Å². The Balaban J connectivity index is 3.18. The molecule has 0 bridgehead atoms. The maximum Gasteiger partial charge on any atom is 0.416 e. The monoisotopic (exact) mass is 239 g/mol. The summed E-state index contributed by atoms with van der Waals surface area (Å²) in [5.41, 5.74) is 3.20. The second-order valence-electron chi connectivity index (χ2n) is 3.49. The zero-order valence-electron chi connectivity index (χ0n) is 8.35. The average molecular weight is 239 g/mol. The zero-order valence-corrected chi connectivity index (χ0v) is 8.35. The van der Waals surface area contributed by atoms with Gasteiger partial charge in [-0.2, -0.15) is 22.0 Å². The van der Waals surface area contributed by atoms with E-state index in [0.29, 0.717) is 6.07 Å². The summed E-state index contributed by atoms with van der Waals surface area (Å²) >= 11 is 0. The number of nitrogens with two attached hydrogens (primary N) is 1. The number of rotatable bonds is 2. The van der Waals surface area contributed by atoms with Crippen molar-refractivity contribution in [3.8, 4) is 0 Å². The van der Waals surface area contributed by atoms with Gasteiger partial charge in [0.2, 0.25) is 0 Å². The van der Waals surface area contributed by atoms with Gasteiger partial charge in [0.1, 0.15) is 0 Å². The van der Waals surface area contributed by atoms with E-state index in [1.54, 1.807) is 0 Å². The average Bonchev–Trinajstić information content (AvgIpc) is 2.16. The summed E-state index contributed by atoms with van der Waals surface area (Å²) in [5.74, 6) is -3.47. The molecule has 0 aromatic heterocycles. The van der Waals surface area contributed by atoms with Crippen molar-refractivity contribution in [1.82, 2.24) is 0 Å². The Morgan fingerprint density at radius 1 is 1.06 bits per heavy atom. The summed E-state index contributed by atoms with van der Waals surface area (Å²) < 4.78 is 63.6. The maximum absolute atomic E-state index is 13.4. The fraction of sp³-hybridized carbons (Fsp3) is 0.400. The molecule has 1 nitrogen and oxygen atoms in total. The number of alkyl halides is 5. The van der Waals surface area contributed by atoms with Crippen molar-refractivity contribution in [2.24, 2.45) is 5.73 Å². The van der Waals surface area contributed by atoms with Gasteiger partial charge in [0.05, 0.1) is 11.6 Å². The highest BCUT2D eigenvalue weighted by atomic mass is 19.4. The minimum atomic E-state index is -4.63. The molecule has 2 N–H and O–H groups in total. The molecule has 0 radical (unpaired) electrons. The second kappa shape index (κ2) is 4.01. The third kappa shape index (κ3) is 2.49. The van der Waals surface area contributed by atoms with Crippen LogP contribution in [0.5, 0.6) is 0 Å². The molecule has 90 valence electrons. The van der Waals surface area contributed by atoms with Gasteiger partial charge in [-0.25, -0.2) is 0 Å². The summed E-state index contributed by atoms with van der Waals surface area (Å²) in [5, 5.41) is 0. The minimum Gasteiger partial charge on any atom is -0.323 e. The Bertz CT molecular complexity index is 370. The van der Waals surface area contributed by atoms with Crippen LogP contribution in [0.25, 0.3) is 0 Å². The van der Waals surface area contributed by atoms with Gasteiger partial charge in [0, 0.05) is 5.56 Å². The predicted molar refractivity (Wildman–Crippen MR) is 49.0 cm³/mol. The Morgan fingerprint density at radius 2 is 1.56 bits per heavy atom. The molecule has 0 spiro atoms. The summed E-state index contributed by atoms with van der Waals surface area (Å²) in [4.78, 5) is 0. The van der Waals surface area contributed by atoms with Crippen LogP contribution in [-0.4, -0.2) is 6.04 Å². The Kier molecular flexibility index (Phi) is 3.23. The number of halogens is 5. The lowest BCUT2D eigenvalue weighted by Gasteiger charge is -2.21. The molecule has 0 saturated heterocycles. The molecular weight excluding hydrogens is 229 g/mol. The smallest absolute Gasteiger partial charge is 0.323 e. The van der Waals surface area contributed by atoms with Gasteiger partial charge in [0.25, 0.3) is 5.92 Å². The van der Waals surface area contributed by atoms with Crippen LogP contribution in [0.3, 0.4) is 0 Å². The van der Waals surface area contributed by atoms with E-state index in [2.05, 4.69) is 0 Å². The first-order valence-electron chi connectivity index (χ1n) is 4.47. The van der Waals surface area contributed by atoms with Gasteiger partial charge in [0.15, 0.2) is 0 Å². The van der Waals surface area contributed by atoms with E-state index in [1.165, 1.54) is 0 Å². The SMILES string of the molecule is CC(N)C(F)(F)c1cccc(C(F)(F)F)c1. The third-order valence-electron chi connectivity index (χ3n) is 2.15. The maximum atomic E-state index is 13.4. The summed E-state index contributed by atoms with van der Waals surface area (Å²) in [7, 11) is 0. The van der Waals surface area contributed by atoms with Crippen LogP contribution in [0, 0.1) is 0 Å². The van der Waals surface area contributed by atoms with Gasteiger partial charge < -0.3 is 5.73 Å². The molecule has 1 unspecified atom stereocenters. The fourth-order valence-electron chi connectivity index (χ4n) is 1.17. The molecule has 0 heterocycles. The Hall–Kier alpha value is -1.17. The number of hydrogen-bond acceptors (Lipinski definition) is 1. The fourth-order valence-corrected chi connectivity index (χ4v) is 1.17. The van der Waals surface area contributed by atoms with Crippen molar-refractivity contribution in [3.05, 3.63) is 35.4 Å². The van der Waals surface area contributed by atoms with Gasteiger partial charge >= 0.3 is 6.18 Å². The molecule has 1 rings (SSSR count). The van der Waals surface area contributed by atoms with E-state index in [1.807, 2.05) is 0 Å². The van der Waals surface area contributed by atoms with Crippen LogP contribution in [0.2, 0.25) is 0 Å². The van der Waals surface area contributed by atoms with Crippen LogP contribution >= 0.6 is 0 Å². The highest BCUT2D eigenvalue weighted by Gasteiger charge is 2.38. The van der Waals surface area contributed by atoms with Crippen LogP contribution < -0.4 is 5.73 Å². The molecule has 6 heteroatoms. The van der Waals surface area contributed by atoms with Crippen LogP contribution in [0.4, 0.5) is 22.0 Å². The zero-order chi connectivity index (χ0) is 12.6. The predicted octanol–water partition coefficient (Wildman–Crippen LogP) is 3.14. The molecule has 1 aromatic rings. The van der Waals surface area contributed by atoms with Crippen molar-refractivity contribution in [1.29, 1.82) is 0 Å². The highest BCUT2D eigenvalue weighted by Crippen LogP contribution is 2.35. The first kappa shape index (κ1) is 12.9. The summed E-state index contributed by atoms with van der Waals surface area (Å²) in [6.45, 7) is 1.04. The summed E-state index contributed by atoms with van der Waals surface area (Å²) in [6.07, 6.45) is -4.63. The van der Waals surface area contributed by atoms with E-state index < -0.39 is 29.3 Å². The molecule has 0 fully saturated rings. The molecule has 16 heavy (non-hydrogen) atoms. The van der Waals surface area contributed by atoms with Crippen LogP contribution in [0.1, 0.15) is 18.1 Å².